The molecule has 26 heavy (non-hydrogen) atoms. The first-order chi connectivity index (χ1) is 12.6. The molecule has 0 radical (unpaired) electrons. The van der Waals surface area contributed by atoms with Crippen LogP contribution in [0.5, 0.6) is 0 Å². The highest BCUT2D eigenvalue weighted by molar-refractivity contribution is 8.14. The fourth-order valence-electron chi connectivity index (χ4n) is 2.41. The second-order valence-corrected chi connectivity index (χ2v) is 7.74. The molecule has 2 aromatic carbocycles. The van der Waals surface area contributed by atoms with Crippen LogP contribution in [0, 0.1) is 0 Å². The van der Waals surface area contributed by atoms with Gasteiger partial charge in [0, 0.05) is 17.9 Å². The Labute approximate surface area is 160 Å². The maximum absolute atomic E-state index is 11.8. The van der Waals surface area contributed by atoms with E-state index in [0.717, 1.165) is 29.4 Å². The zero-order valence-electron chi connectivity index (χ0n) is 14.3. The Kier molecular flexibility index (Phi) is 6.20. The van der Waals surface area contributed by atoms with Crippen molar-refractivity contribution in [3.8, 4) is 11.3 Å². The van der Waals surface area contributed by atoms with E-state index in [4.69, 9.17) is 0 Å². The maximum Gasteiger partial charge on any atom is 0.236 e. The van der Waals surface area contributed by atoms with E-state index in [1.807, 2.05) is 35.7 Å². The summed E-state index contributed by atoms with van der Waals surface area (Å²) in [6.07, 6.45) is 0.896. The van der Waals surface area contributed by atoms with Gasteiger partial charge in [-0.25, -0.2) is 4.98 Å². The van der Waals surface area contributed by atoms with Crippen molar-refractivity contribution in [2.24, 2.45) is 0 Å². The number of carbonyl (C=O) groups excluding carboxylic acids is 2. The average Bonchev–Trinajstić information content (AvgIpc) is 3.10. The van der Waals surface area contributed by atoms with Crippen molar-refractivity contribution in [3.63, 3.8) is 0 Å². The normalized spacial score (nSPS) is 10.5. The summed E-state index contributed by atoms with van der Waals surface area (Å²) in [5.74, 6) is -0.109. The number of benzene rings is 2. The average molecular weight is 383 g/mol. The summed E-state index contributed by atoms with van der Waals surface area (Å²) < 4.78 is 0. The monoisotopic (exact) mass is 382 g/mol. The Bertz CT molecular complexity index is 890. The predicted molar refractivity (Wildman–Crippen MR) is 109 cm³/mol. The molecule has 4 nitrogen and oxygen atoms in total. The van der Waals surface area contributed by atoms with E-state index in [9.17, 15) is 9.59 Å². The number of aromatic nitrogens is 1. The number of anilines is 1. The second-order valence-electron chi connectivity index (χ2n) is 5.73. The van der Waals surface area contributed by atoms with E-state index < -0.39 is 0 Å². The smallest absolute Gasteiger partial charge is 0.236 e. The number of hydrogen-bond donors (Lipinski definition) is 1. The second kappa shape index (κ2) is 8.78. The molecule has 1 heterocycles. The van der Waals surface area contributed by atoms with E-state index in [1.54, 1.807) is 0 Å². The minimum Gasteiger partial charge on any atom is -0.301 e. The lowest BCUT2D eigenvalue weighted by Gasteiger charge is -2.03. The highest BCUT2D eigenvalue weighted by Gasteiger charge is 2.09. The molecule has 1 amide bonds. The third-order valence-electron chi connectivity index (χ3n) is 3.66. The Morgan fingerprint density at radius 1 is 1.04 bits per heavy atom. The first-order valence-corrected chi connectivity index (χ1v) is 9.98. The quantitative estimate of drug-likeness (QED) is 0.676. The molecule has 1 aromatic heterocycles. The molecular weight excluding hydrogens is 364 g/mol. The van der Waals surface area contributed by atoms with Gasteiger partial charge in [0.1, 0.15) is 0 Å². The highest BCUT2D eigenvalue weighted by atomic mass is 32.2. The van der Waals surface area contributed by atoms with Crippen LogP contribution in [0.4, 0.5) is 5.13 Å². The molecule has 0 aliphatic rings. The van der Waals surface area contributed by atoms with Crippen LogP contribution in [-0.2, 0) is 16.0 Å². The lowest BCUT2D eigenvalue weighted by atomic mass is 10.0. The third kappa shape index (κ3) is 5.28. The van der Waals surface area contributed by atoms with E-state index in [2.05, 4.69) is 34.6 Å². The molecule has 3 aromatic rings. The van der Waals surface area contributed by atoms with Crippen molar-refractivity contribution in [1.29, 1.82) is 0 Å². The molecule has 0 spiro atoms. The number of thiazole rings is 1. The van der Waals surface area contributed by atoms with Gasteiger partial charge in [0.2, 0.25) is 5.91 Å². The van der Waals surface area contributed by atoms with Crippen LogP contribution < -0.4 is 5.32 Å². The molecule has 0 aliphatic heterocycles. The van der Waals surface area contributed by atoms with Gasteiger partial charge in [-0.1, -0.05) is 66.4 Å². The van der Waals surface area contributed by atoms with Crippen LogP contribution in [-0.4, -0.2) is 21.8 Å². The molecule has 6 heteroatoms. The summed E-state index contributed by atoms with van der Waals surface area (Å²) in [5.41, 5.74) is 4.36. The van der Waals surface area contributed by atoms with Gasteiger partial charge >= 0.3 is 0 Å². The lowest BCUT2D eigenvalue weighted by molar-refractivity contribution is -0.114. The summed E-state index contributed by atoms with van der Waals surface area (Å²) in [6, 6.07) is 18.6. The van der Waals surface area contributed by atoms with Crippen molar-refractivity contribution in [3.05, 3.63) is 71.1 Å². The SMILES string of the molecule is CC(=O)SCC(=O)Nc1nc(-c2ccc(Cc3ccccc3)cc2)cs1. The van der Waals surface area contributed by atoms with Crippen LogP contribution in [0.25, 0.3) is 11.3 Å². The van der Waals surface area contributed by atoms with Crippen molar-refractivity contribution < 1.29 is 9.59 Å². The number of nitrogens with zero attached hydrogens (tertiary/aromatic N) is 1. The summed E-state index contributed by atoms with van der Waals surface area (Å²) >= 11 is 2.37. The van der Waals surface area contributed by atoms with Crippen molar-refractivity contribution in [2.75, 3.05) is 11.1 Å². The first kappa shape index (κ1) is 18.4. The van der Waals surface area contributed by atoms with Crippen LogP contribution in [0.15, 0.2) is 60.0 Å². The van der Waals surface area contributed by atoms with Gasteiger partial charge in [-0.05, 0) is 17.5 Å². The standard InChI is InChI=1S/C20H18N2O2S2/c1-14(23)25-13-19(24)22-20-21-18(12-26-20)17-9-7-16(8-10-17)11-15-5-3-2-4-6-15/h2-10,12H,11,13H2,1H3,(H,21,22,24). The predicted octanol–water partition coefficient (Wildman–Crippen LogP) is 4.62. The van der Waals surface area contributed by atoms with Gasteiger partial charge in [0.05, 0.1) is 11.4 Å². The van der Waals surface area contributed by atoms with Crippen LogP contribution >= 0.6 is 23.1 Å². The lowest BCUT2D eigenvalue weighted by Crippen LogP contribution is -2.14. The number of thioether (sulfide) groups is 1. The molecule has 0 aliphatic carbocycles. The summed E-state index contributed by atoms with van der Waals surface area (Å²) in [6.45, 7) is 1.45. The summed E-state index contributed by atoms with van der Waals surface area (Å²) in [4.78, 5) is 27.1. The summed E-state index contributed by atoms with van der Waals surface area (Å²) in [7, 11) is 0. The van der Waals surface area contributed by atoms with Gasteiger partial charge < -0.3 is 5.32 Å². The molecule has 0 atom stereocenters. The molecule has 0 bridgehead atoms. The Morgan fingerprint density at radius 2 is 1.73 bits per heavy atom. The van der Waals surface area contributed by atoms with E-state index in [-0.39, 0.29) is 16.8 Å². The van der Waals surface area contributed by atoms with E-state index >= 15 is 0 Å². The van der Waals surface area contributed by atoms with Gasteiger partial charge in [0.15, 0.2) is 10.2 Å². The number of nitrogens with one attached hydrogen (secondary N) is 1. The minimum absolute atomic E-state index is 0.0735. The van der Waals surface area contributed by atoms with Crippen molar-refractivity contribution >= 4 is 39.3 Å². The zero-order chi connectivity index (χ0) is 18.4. The molecule has 0 saturated heterocycles. The zero-order valence-corrected chi connectivity index (χ0v) is 15.9. The molecule has 3 rings (SSSR count). The molecule has 0 unspecified atom stereocenters. The maximum atomic E-state index is 11.8. The van der Waals surface area contributed by atoms with E-state index in [1.165, 1.54) is 29.4 Å². The Hall–Kier alpha value is -2.44. The Morgan fingerprint density at radius 3 is 2.42 bits per heavy atom. The topological polar surface area (TPSA) is 59.1 Å². The highest BCUT2D eigenvalue weighted by Crippen LogP contribution is 2.25. The minimum atomic E-state index is -0.218. The van der Waals surface area contributed by atoms with E-state index in [0.29, 0.717) is 5.13 Å². The number of hydrogen-bond acceptors (Lipinski definition) is 5. The third-order valence-corrected chi connectivity index (χ3v) is 5.23. The molecule has 132 valence electrons. The van der Waals surface area contributed by atoms with Gasteiger partial charge in [-0.2, -0.15) is 0 Å². The van der Waals surface area contributed by atoms with Gasteiger partial charge in [-0.3, -0.25) is 9.59 Å². The Balaban J connectivity index is 1.62. The fraction of sp³-hybridized carbons (Fsp3) is 0.150. The van der Waals surface area contributed by atoms with Crippen LogP contribution in [0.3, 0.4) is 0 Å². The van der Waals surface area contributed by atoms with Gasteiger partial charge in [-0.15, -0.1) is 11.3 Å². The first-order valence-electron chi connectivity index (χ1n) is 8.12. The number of carbonyl (C=O) groups is 2. The van der Waals surface area contributed by atoms with Crippen LogP contribution in [0.1, 0.15) is 18.1 Å². The number of rotatable bonds is 6. The molecule has 1 N–H and O–H groups in total. The van der Waals surface area contributed by atoms with Gasteiger partial charge in [0.25, 0.3) is 0 Å². The fourth-order valence-corrected chi connectivity index (χ4v) is 3.55. The molecule has 0 saturated carbocycles. The van der Waals surface area contributed by atoms with Crippen molar-refractivity contribution in [2.45, 2.75) is 13.3 Å². The molecular formula is C20H18N2O2S2. The largest absolute Gasteiger partial charge is 0.301 e. The van der Waals surface area contributed by atoms with Crippen molar-refractivity contribution in [1.82, 2.24) is 4.98 Å². The molecule has 0 fully saturated rings. The van der Waals surface area contributed by atoms with Crippen LogP contribution in [0.2, 0.25) is 0 Å². The number of amides is 1. The summed E-state index contributed by atoms with van der Waals surface area (Å²) in [5, 5.41) is 5.11.